The molecule has 0 bridgehead atoms. The Bertz CT molecular complexity index is 419. The smallest absolute Gasteiger partial charge is 0.106 e. The van der Waals surface area contributed by atoms with Crippen LogP contribution in [0.4, 0.5) is 0 Å². The van der Waals surface area contributed by atoms with Gasteiger partial charge in [-0.1, -0.05) is 5.16 Å². The van der Waals surface area contributed by atoms with Crippen LogP contribution in [-0.2, 0) is 7.05 Å². The molecule has 0 amide bonds. The number of halogens is 1. The molecule has 17 heavy (non-hydrogen) atoms. The van der Waals surface area contributed by atoms with Crippen molar-refractivity contribution in [2.75, 3.05) is 19.0 Å². The van der Waals surface area contributed by atoms with Gasteiger partial charge in [0.15, 0.2) is 0 Å². The number of nitrogens with zero attached hydrogens (tertiary/aromatic N) is 3. The molecule has 1 aromatic rings. The molecule has 0 saturated heterocycles. The topological polar surface area (TPSA) is 40.8 Å². The Morgan fingerprint density at radius 1 is 1.59 bits per heavy atom. The first kappa shape index (κ1) is 12.8. The summed E-state index contributed by atoms with van der Waals surface area (Å²) in [5, 5.41) is 12.5. The van der Waals surface area contributed by atoms with Gasteiger partial charge in [0.25, 0.3) is 0 Å². The summed E-state index contributed by atoms with van der Waals surface area (Å²) in [5.74, 6) is 0.680. The summed E-state index contributed by atoms with van der Waals surface area (Å²) >= 11 is 7.44. The van der Waals surface area contributed by atoms with E-state index in [1.807, 2.05) is 17.8 Å². The molecule has 1 aliphatic heterocycles. The molecule has 0 radical (unpaired) electrons. The molecule has 94 valence electrons. The summed E-state index contributed by atoms with van der Waals surface area (Å²) in [6, 6.07) is 2.06. The highest BCUT2D eigenvalue weighted by molar-refractivity contribution is 7.97. The zero-order chi connectivity index (χ0) is 12.3. The fourth-order valence-corrected chi connectivity index (χ4v) is 3.22. The lowest BCUT2D eigenvalue weighted by Gasteiger charge is -2.17. The normalized spacial score (nSPS) is 19.3. The van der Waals surface area contributed by atoms with E-state index in [0.717, 1.165) is 42.2 Å². The van der Waals surface area contributed by atoms with E-state index in [4.69, 9.17) is 16.8 Å². The molecule has 0 aromatic carbocycles. The highest BCUT2D eigenvalue weighted by Gasteiger charge is 2.22. The van der Waals surface area contributed by atoms with Crippen molar-refractivity contribution >= 4 is 29.3 Å². The van der Waals surface area contributed by atoms with Gasteiger partial charge in [0.05, 0.1) is 10.6 Å². The van der Waals surface area contributed by atoms with E-state index in [2.05, 4.69) is 15.5 Å². The van der Waals surface area contributed by atoms with Crippen LogP contribution >= 0.6 is 23.5 Å². The molecule has 1 aromatic heterocycles. The number of oxime groups is 1. The molecule has 4 nitrogen and oxygen atoms in total. The van der Waals surface area contributed by atoms with Crippen LogP contribution in [0.3, 0.4) is 0 Å². The Labute approximate surface area is 110 Å². The number of rotatable bonds is 3. The van der Waals surface area contributed by atoms with Crippen LogP contribution < -0.4 is 0 Å². The van der Waals surface area contributed by atoms with E-state index in [0.29, 0.717) is 5.88 Å². The van der Waals surface area contributed by atoms with Crippen LogP contribution in [0.1, 0.15) is 18.5 Å². The van der Waals surface area contributed by atoms with Crippen molar-refractivity contribution in [3.8, 4) is 0 Å². The Morgan fingerprint density at radius 3 is 3.12 bits per heavy atom. The predicted octanol–water partition coefficient (Wildman–Crippen LogP) is 2.55. The summed E-state index contributed by atoms with van der Waals surface area (Å²) < 4.78 is 4.28. The molecule has 2 rings (SSSR count). The van der Waals surface area contributed by atoms with E-state index in [1.54, 1.807) is 11.9 Å². The number of aryl methyl sites for hydroxylation is 1. The molecule has 1 aliphatic rings. The summed E-state index contributed by atoms with van der Waals surface area (Å²) in [6.07, 6.45) is 3.73. The van der Waals surface area contributed by atoms with Gasteiger partial charge in [0, 0.05) is 38.6 Å². The van der Waals surface area contributed by atoms with Crippen molar-refractivity contribution in [2.45, 2.75) is 17.7 Å². The molecule has 0 spiro atoms. The van der Waals surface area contributed by atoms with Gasteiger partial charge in [-0.3, -0.25) is 0 Å². The molecular weight excluding hydrogens is 258 g/mol. The number of fused-ring (bicyclic) bond motifs is 1. The van der Waals surface area contributed by atoms with Crippen LogP contribution in [0.5, 0.6) is 0 Å². The van der Waals surface area contributed by atoms with Gasteiger partial charge in [0.1, 0.15) is 5.71 Å². The number of alkyl halides is 1. The zero-order valence-corrected chi connectivity index (χ0v) is 11.3. The first-order chi connectivity index (χ1) is 8.26. The molecule has 6 heteroatoms. The third kappa shape index (κ3) is 2.78. The molecule has 2 heterocycles. The lowest BCUT2D eigenvalue weighted by molar-refractivity contribution is 0.317. The Balaban J connectivity index is 2.21. The first-order valence-corrected chi connectivity index (χ1v) is 6.92. The monoisotopic (exact) mass is 273 g/mol. The van der Waals surface area contributed by atoms with Gasteiger partial charge in [-0.05, 0) is 24.4 Å². The first-order valence-electron chi connectivity index (χ1n) is 5.61. The van der Waals surface area contributed by atoms with E-state index >= 15 is 0 Å². The Hall–Kier alpha value is -0.650. The highest BCUT2D eigenvalue weighted by atomic mass is 35.5. The lowest BCUT2D eigenvalue weighted by atomic mass is 10.2. The van der Waals surface area contributed by atoms with Gasteiger partial charge in [0.2, 0.25) is 0 Å². The van der Waals surface area contributed by atoms with E-state index < -0.39 is 0 Å². The number of hydrogen-bond donors (Lipinski definition) is 1. The molecule has 0 saturated carbocycles. The summed E-state index contributed by atoms with van der Waals surface area (Å²) in [5.41, 5.74) is 1.78. The van der Waals surface area contributed by atoms with Crippen LogP contribution in [0.25, 0.3) is 0 Å². The summed E-state index contributed by atoms with van der Waals surface area (Å²) in [7, 11) is 1.97. The van der Waals surface area contributed by atoms with Gasteiger partial charge in [-0.2, -0.15) is 0 Å². The fourth-order valence-electron chi connectivity index (χ4n) is 1.95. The number of hydrogen-bond acceptors (Lipinski definition) is 4. The third-order valence-corrected chi connectivity index (χ3v) is 4.21. The highest BCUT2D eigenvalue weighted by Crippen LogP contribution is 2.31. The average Bonchev–Trinajstić information content (AvgIpc) is 2.61. The molecular formula is C11H16ClN3OS. The second kappa shape index (κ2) is 5.80. The van der Waals surface area contributed by atoms with Crippen LogP contribution in [0.15, 0.2) is 22.3 Å². The minimum absolute atomic E-state index is 0.680. The largest absolute Gasteiger partial charge is 0.411 e. The molecule has 0 unspecified atom stereocenters. The van der Waals surface area contributed by atoms with Crippen molar-refractivity contribution in [2.24, 2.45) is 12.2 Å². The second-order valence-corrected chi connectivity index (χ2v) is 5.52. The predicted molar refractivity (Wildman–Crippen MR) is 71.1 cm³/mol. The number of aromatic nitrogens is 1. The minimum atomic E-state index is 0.680. The lowest BCUT2D eigenvalue weighted by Crippen LogP contribution is -2.19. The quantitative estimate of drug-likeness (QED) is 0.398. The molecule has 1 N–H and O–H groups in total. The van der Waals surface area contributed by atoms with Gasteiger partial charge >= 0.3 is 0 Å². The Morgan fingerprint density at radius 2 is 2.41 bits per heavy atom. The van der Waals surface area contributed by atoms with E-state index in [1.165, 1.54) is 0 Å². The van der Waals surface area contributed by atoms with E-state index in [-0.39, 0.29) is 0 Å². The van der Waals surface area contributed by atoms with Gasteiger partial charge in [-0.15, -0.1) is 11.6 Å². The van der Waals surface area contributed by atoms with Crippen molar-refractivity contribution in [1.82, 2.24) is 8.87 Å². The van der Waals surface area contributed by atoms with Crippen LogP contribution in [0, 0.1) is 0 Å². The van der Waals surface area contributed by atoms with Crippen molar-refractivity contribution in [1.29, 1.82) is 0 Å². The maximum absolute atomic E-state index is 9.09. The third-order valence-electron chi connectivity index (χ3n) is 2.80. The molecule has 0 aliphatic carbocycles. The van der Waals surface area contributed by atoms with Gasteiger partial charge < -0.3 is 9.77 Å². The standard InChI is InChI=1S/C11H16ClN3OS/c1-14-7-4-10-11(14)9(13-16)3-8-15(17-10)6-2-5-12/h4,7,16H,2-3,5-6,8H2,1H3. The maximum atomic E-state index is 9.09. The second-order valence-electron chi connectivity index (χ2n) is 4.00. The van der Waals surface area contributed by atoms with Crippen molar-refractivity contribution in [3.05, 3.63) is 18.0 Å². The van der Waals surface area contributed by atoms with Gasteiger partial charge in [-0.25, -0.2) is 4.31 Å². The SMILES string of the molecule is Cn1ccc2c1C(=NO)CCN(CCCCl)S2. The average molecular weight is 274 g/mol. The maximum Gasteiger partial charge on any atom is 0.106 e. The minimum Gasteiger partial charge on any atom is -0.411 e. The molecule has 0 atom stereocenters. The van der Waals surface area contributed by atoms with E-state index in [9.17, 15) is 0 Å². The zero-order valence-electron chi connectivity index (χ0n) is 9.77. The Kier molecular flexibility index (Phi) is 4.36. The fraction of sp³-hybridized carbons (Fsp3) is 0.545. The summed E-state index contributed by atoms with van der Waals surface area (Å²) in [4.78, 5) is 1.15. The van der Waals surface area contributed by atoms with Crippen LogP contribution in [-0.4, -0.2) is 38.8 Å². The van der Waals surface area contributed by atoms with Crippen LogP contribution in [0.2, 0.25) is 0 Å². The summed E-state index contributed by atoms with van der Waals surface area (Å²) in [6.45, 7) is 1.84. The molecule has 0 fully saturated rings. The van der Waals surface area contributed by atoms with Crippen molar-refractivity contribution in [3.63, 3.8) is 0 Å². The van der Waals surface area contributed by atoms with Crippen molar-refractivity contribution < 1.29 is 5.21 Å².